The Bertz CT molecular complexity index is 581. The standard InChI is InChI=1S/C16H18BrNO3/c1-12-5-6-15(17)14(10-12)16(19)18-7-3-8-20-11-13-4-2-9-21-13/h2,4-6,9-10H,3,7-8,11H2,1H3,(H,18,19). The van der Waals surface area contributed by atoms with Crippen molar-refractivity contribution in [3.8, 4) is 0 Å². The van der Waals surface area contributed by atoms with Gasteiger partial charge in [-0.3, -0.25) is 4.79 Å². The van der Waals surface area contributed by atoms with Gasteiger partial charge in [0.15, 0.2) is 0 Å². The Balaban J connectivity index is 1.66. The topological polar surface area (TPSA) is 51.5 Å². The molecule has 0 unspecified atom stereocenters. The van der Waals surface area contributed by atoms with E-state index in [0.29, 0.717) is 25.3 Å². The predicted molar refractivity (Wildman–Crippen MR) is 84.2 cm³/mol. The number of ether oxygens (including phenoxy) is 1. The molecule has 0 saturated heterocycles. The largest absolute Gasteiger partial charge is 0.467 e. The highest BCUT2D eigenvalue weighted by molar-refractivity contribution is 9.10. The second-order valence-electron chi connectivity index (χ2n) is 4.72. The maximum Gasteiger partial charge on any atom is 0.252 e. The number of furan rings is 1. The van der Waals surface area contributed by atoms with Gasteiger partial charge in [0.25, 0.3) is 5.91 Å². The first-order valence-corrected chi connectivity index (χ1v) is 7.60. The Hall–Kier alpha value is -1.59. The number of hydrogen-bond acceptors (Lipinski definition) is 3. The van der Waals surface area contributed by atoms with E-state index in [1.807, 2.05) is 37.3 Å². The second-order valence-corrected chi connectivity index (χ2v) is 5.58. The molecule has 2 rings (SSSR count). The molecule has 5 heteroatoms. The minimum absolute atomic E-state index is 0.0726. The summed E-state index contributed by atoms with van der Waals surface area (Å²) >= 11 is 3.39. The highest BCUT2D eigenvalue weighted by Gasteiger charge is 2.09. The Morgan fingerprint density at radius 1 is 1.38 bits per heavy atom. The summed E-state index contributed by atoms with van der Waals surface area (Å²) in [5, 5.41) is 2.89. The van der Waals surface area contributed by atoms with Gasteiger partial charge in [0, 0.05) is 17.6 Å². The van der Waals surface area contributed by atoms with Gasteiger partial charge in [-0.1, -0.05) is 11.6 Å². The average Bonchev–Trinajstić information content (AvgIpc) is 2.98. The Labute approximate surface area is 132 Å². The summed E-state index contributed by atoms with van der Waals surface area (Å²) in [5.74, 6) is 0.735. The average molecular weight is 352 g/mol. The molecule has 0 aliphatic rings. The summed E-state index contributed by atoms with van der Waals surface area (Å²) in [6, 6.07) is 9.42. The van der Waals surface area contributed by atoms with Gasteiger partial charge in [-0.25, -0.2) is 0 Å². The monoisotopic (exact) mass is 351 g/mol. The van der Waals surface area contributed by atoms with Gasteiger partial charge in [-0.15, -0.1) is 0 Å². The molecular formula is C16H18BrNO3. The third-order valence-corrected chi connectivity index (χ3v) is 3.63. The molecule has 2 aromatic rings. The normalized spacial score (nSPS) is 10.6. The molecule has 0 saturated carbocycles. The van der Waals surface area contributed by atoms with E-state index in [4.69, 9.17) is 9.15 Å². The fraction of sp³-hybridized carbons (Fsp3) is 0.312. The van der Waals surface area contributed by atoms with Crippen molar-refractivity contribution in [3.63, 3.8) is 0 Å². The van der Waals surface area contributed by atoms with Crippen LogP contribution in [0.3, 0.4) is 0 Å². The van der Waals surface area contributed by atoms with E-state index in [1.165, 1.54) is 0 Å². The molecule has 0 spiro atoms. The fourth-order valence-electron chi connectivity index (χ4n) is 1.85. The van der Waals surface area contributed by atoms with Crippen LogP contribution < -0.4 is 5.32 Å². The Morgan fingerprint density at radius 3 is 3.00 bits per heavy atom. The van der Waals surface area contributed by atoms with E-state index in [-0.39, 0.29) is 5.91 Å². The summed E-state index contributed by atoms with van der Waals surface area (Å²) < 4.78 is 11.4. The third kappa shape index (κ3) is 5.02. The lowest BCUT2D eigenvalue weighted by Gasteiger charge is -2.08. The molecule has 0 bridgehead atoms. The van der Waals surface area contributed by atoms with Gasteiger partial charge in [0.1, 0.15) is 12.4 Å². The van der Waals surface area contributed by atoms with E-state index in [0.717, 1.165) is 22.2 Å². The number of carbonyl (C=O) groups excluding carboxylic acids is 1. The second kappa shape index (κ2) is 8.00. The molecule has 1 aromatic heterocycles. The first-order valence-electron chi connectivity index (χ1n) is 6.81. The maximum atomic E-state index is 12.0. The molecule has 1 aromatic carbocycles. The predicted octanol–water partition coefficient (Wildman–Crippen LogP) is 3.69. The molecule has 0 fully saturated rings. The highest BCUT2D eigenvalue weighted by Crippen LogP contribution is 2.17. The number of rotatable bonds is 7. The summed E-state index contributed by atoms with van der Waals surface area (Å²) in [6.07, 6.45) is 2.38. The van der Waals surface area contributed by atoms with Gasteiger partial charge in [0.2, 0.25) is 0 Å². The van der Waals surface area contributed by atoms with Crippen molar-refractivity contribution in [2.45, 2.75) is 20.0 Å². The Morgan fingerprint density at radius 2 is 2.24 bits per heavy atom. The van der Waals surface area contributed by atoms with Crippen molar-refractivity contribution in [1.29, 1.82) is 0 Å². The van der Waals surface area contributed by atoms with E-state index in [1.54, 1.807) is 6.26 Å². The quantitative estimate of drug-likeness (QED) is 0.774. The van der Waals surface area contributed by atoms with Crippen LogP contribution in [0, 0.1) is 6.92 Å². The van der Waals surface area contributed by atoms with E-state index in [9.17, 15) is 4.79 Å². The molecule has 1 heterocycles. The molecule has 4 nitrogen and oxygen atoms in total. The molecule has 0 aliphatic carbocycles. The molecule has 1 N–H and O–H groups in total. The SMILES string of the molecule is Cc1ccc(Br)c(C(=O)NCCCOCc2ccco2)c1. The first kappa shape index (κ1) is 15.8. The van der Waals surface area contributed by atoms with Gasteiger partial charge in [-0.05, 0) is 53.5 Å². The van der Waals surface area contributed by atoms with Crippen molar-refractivity contribution >= 4 is 21.8 Å². The van der Waals surface area contributed by atoms with Crippen molar-refractivity contribution in [3.05, 3.63) is 58.0 Å². The van der Waals surface area contributed by atoms with Gasteiger partial charge < -0.3 is 14.5 Å². The van der Waals surface area contributed by atoms with Crippen LogP contribution in [-0.4, -0.2) is 19.1 Å². The molecular weight excluding hydrogens is 334 g/mol. The zero-order chi connectivity index (χ0) is 15.1. The highest BCUT2D eigenvalue weighted by atomic mass is 79.9. The fourth-order valence-corrected chi connectivity index (χ4v) is 2.28. The van der Waals surface area contributed by atoms with Crippen molar-refractivity contribution in [2.75, 3.05) is 13.2 Å². The summed E-state index contributed by atoms with van der Waals surface area (Å²) in [4.78, 5) is 12.0. The third-order valence-electron chi connectivity index (χ3n) is 2.94. The molecule has 0 atom stereocenters. The van der Waals surface area contributed by atoms with E-state index in [2.05, 4.69) is 21.2 Å². The molecule has 112 valence electrons. The van der Waals surface area contributed by atoms with Crippen LogP contribution in [0.4, 0.5) is 0 Å². The lowest BCUT2D eigenvalue weighted by molar-refractivity contribution is 0.0916. The molecule has 0 aliphatic heterocycles. The van der Waals surface area contributed by atoms with Crippen LogP contribution in [-0.2, 0) is 11.3 Å². The minimum Gasteiger partial charge on any atom is -0.467 e. The minimum atomic E-state index is -0.0726. The smallest absolute Gasteiger partial charge is 0.252 e. The van der Waals surface area contributed by atoms with E-state index < -0.39 is 0 Å². The van der Waals surface area contributed by atoms with Gasteiger partial charge in [-0.2, -0.15) is 0 Å². The van der Waals surface area contributed by atoms with Crippen LogP contribution in [0.5, 0.6) is 0 Å². The van der Waals surface area contributed by atoms with Gasteiger partial charge >= 0.3 is 0 Å². The zero-order valence-electron chi connectivity index (χ0n) is 11.9. The maximum absolute atomic E-state index is 12.0. The molecule has 0 radical (unpaired) electrons. The van der Waals surface area contributed by atoms with Crippen LogP contribution in [0.2, 0.25) is 0 Å². The summed E-state index contributed by atoms with van der Waals surface area (Å²) in [5.41, 5.74) is 1.72. The van der Waals surface area contributed by atoms with Crippen LogP contribution >= 0.6 is 15.9 Å². The zero-order valence-corrected chi connectivity index (χ0v) is 13.5. The lowest BCUT2D eigenvalue weighted by atomic mass is 10.1. The van der Waals surface area contributed by atoms with Gasteiger partial charge in [0.05, 0.1) is 11.8 Å². The number of aryl methyl sites for hydroxylation is 1. The summed E-state index contributed by atoms with van der Waals surface area (Å²) in [7, 11) is 0. The van der Waals surface area contributed by atoms with Crippen molar-refractivity contribution in [2.24, 2.45) is 0 Å². The molecule has 21 heavy (non-hydrogen) atoms. The Kier molecular flexibility index (Phi) is 6.02. The number of nitrogens with one attached hydrogen (secondary N) is 1. The van der Waals surface area contributed by atoms with Crippen LogP contribution in [0.25, 0.3) is 0 Å². The van der Waals surface area contributed by atoms with Crippen molar-refractivity contribution < 1.29 is 13.9 Å². The van der Waals surface area contributed by atoms with Crippen LogP contribution in [0.15, 0.2) is 45.5 Å². The lowest BCUT2D eigenvalue weighted by Crippen LogP contribution is -2.25. The summed E-state index contributed by atoms with van der Waals surface area (Å²) in [6.45, 7) is 3.59. The number of carbonyl (C=O) groups is 1. The number of halogens is 1. The number of hydrogen-bond donors (Lipinski definition) is 1. The van der Waals surface area contributed by atoms with Crippen LogP contribution in [0.1, 0.15) is 28.1 Å². The molecule has 1 amide bonds. The van der Waals surface area contributed by atoms with E-state index >= 15 is 0 Å². The first-order chi connectivity index (χ1) is 10.2. The van der Waals surface area contributed by atoms with Crippen molar-refractivity contribution in [1.82, 2.24) is 5.32 Å². The number of amides is 1. The number of benzene rings is 1.